The maximum absolute atomic E-state index is 12.2. The van der Waals surface area contributed by atoms with Crippen molar-refractivity contribution in [2.24, 2.45) is 0 Å². The number of benzene rings is 3. The molecule has 6 heteroatoms. The molecule has 0 saturated heterocycles. The van der Waals surface area contributed by atoms with Gasteiger partial charge in [-0.15, -0.1) is 0 Å². The van der Waals surface area contributed by atoms with Gasteiger partial charge in [-0.1, -0.05) is 42.5 Å². The summed E-state index contributed by atoms with van der Waals surface area (Å²) in [5.41, 5.74) is 2.25. The van der Waals surface area contributed by atoms with Crippen molar-refractivity contribution in [2.75, 3.05) is 7.11 Å². The van der Waals surface area contributed by atoms with E-state index in [2.05, 4.69) is 0 Å². The lowest BCUT2D eigenvalue weighted by Crippen LogP contribution is -1.99. The fourth-order valence-electron chi connectivity index (χ4n) is 2.71. The highest BCUT2D eigenvalue weighted by Crippen LogP contribution is 2.24. The average molecular weight is 389 g/mol. The average Bonchev–Trinajstić information content (AvgIpc) is 2.77. The molecule has 6 nitrogen and oxygen atoms in total. The number of allylic oxidation sites excluding steroid dienone is 1. The molecular formula is C23H19NO5. The van der Waals surface area contributed by atoms with E-state index in [1.54, 1.807) is 43.5 Å². The Kier molecular flexibility index (Phi) is 6.37. The number of ether oxygens (including phenoxy) is 2. The number of carbonyl (C=O) groups excluding carboxylic acids is 1. The van der Waals surface area contributed by atoms with E-state index in [1.807, 2.05) is 30.3 Å². The van der Waals surface area contributed by atoms with Gasteiger partial charge in [0.05, 0.1) is 12.0 Å². The molecular weight excluding hydrogens is 370 g/mol. The van der Waals surface area contributed by atoms with Crippen LogP contribution in [-0.2, 0) is 6.61 Å². The van der Waals surface area contributed by atoms with E-state index >= 15 is 0 Å². The number of hydrogen-bond acceptors (Lipinski definition) is 5. The molecule has 0 radical (unpaired) electrons. The molecule has 3 aromatic carbocycles. The first-order valence-electron chi connectivity index (χ1n) is 8.88. The zero-order chi connectivity index (χ0) is 20.6. The van der Waals surface area contributed by atoms with Crippen LogP contribution in [0.4, 0.5) is 5.69 Å². The molecule has 3 rings (SSSR count). The van der Waals surface area contributed by atoms with Crippen molar-refractivity contribution in [3.63, 3.8) is 0 Å². The predicted molar refractivity (Wildman–Crippen MR) is 110 cm³/mol. The minimum atomic E-state index is -0.459. The molecule has 29 heavy (non-hydrogen) atoms. The van der Waals surface area contributed by atoms with Crippen molar-refractivity contribution in [3.8, 4) is 11.5 Å². The lowest BCUT2D eigenvalue weighted by Gasteiger charge is -2.11. The predicted octanol–water partition coefficient (Wildman–Crippen LogP) is 5.08. The van der Waals surface area contributed by atoms with Crippen molar-refractivity contribution >= 4 is 17.5 Å². The summed E-state index contributed by atoms with van der Waals surface area (Å²) < 4.78 is 11.1. The lowest BCUT2D eigenvalue weighted by atomic mass is 10.1. The van der Waals surface area contributed by atoms with Crippen molar-refractivity contribution in [1.82, 2.24) is 0 Å². The molecule has 0 aliphatic carbocycles. The van der Waals surface area contributed by atoms with E-state index in [9.17, 15) is 14.9 Å². The fourth-order valence-corrected chi connectivity index (χ4v) is 2.71. The van der Waals surface area contributed by atoms with Gasteiger partial charge in [-0.3, -0.25) is 14.9 Å². The van der Waals surface area contributed by atoms with Gasteiger partial charge in [0.25, 0.3) is 5.69 Å². The molecule has 0 aromatic heterocycles. The van der Waals surface area contributed by atoms with Crippen molar-refractivity contribution < 1.29 is 19.2 Å². The van der Waals surface area contributed by atoms with E-state index in [4.69, 9.17) is 9.47 Å². The van der Waals surface area contributed by atoms with Crippen molar-refractivity contribution in [3.05, 3.63) is 106 Å². The number of methoxy groups -OCH3 is 1. The summed E-state index contributed by atoms with van der Waals surface area (Å²) in [5, 5.41) is 10.7. The molecule has 0 heterocycles. The highest BCUT2D eigenvalue weighted by atomic mass is 16.6. The first kappa shape index (κ1) is 19.8. The van der Waals surface area contributed by atoms with Crippen LogP contribution < -0.4 is 9.47 Å². The quantitative estimate of drug-likeness (QED) is 0.232. The van der Waals surface area contributed by atoms with Gasteiger partial charge in [-0.25, -0.2) is 0 Å². The van der Waals surface area contributed by atoms with Crippen LogP contribution >= 0.6 is 0 Å². The molecule has 0 N–H and O–H groups in total. The Morgan fingerprint density at radius 3 is 2.41 bits per heavy atom. The van der Waals surface area contributed by atoms with Crippen LogP contribution in [-0.4, -0.2) is 17.8 Å². The van der Waals surface area contributed by atoms with Crippen molar-refractivity contribution in [1.29, 1.82) is 0 Å². The van der Waals surface area contributed by atoms with Gasteiger partial charge in [-0.2, -0.15) is 0 Å². The van der Waals surface area contributed by atoms with Crippen LogP contribution in [0.25, 0.3) is 6.08 Å². The Morgan fingerprint density at radius 1 is 1.03 bits per heavy atom. The summed E-state index contributed by atoms with van der Waals surface area (Å²) in [5.74, 6) is 1.08. The number of hydrogen-bond donors (Lipinski definition) is 0. The van der Waals surface area contributed by atoms with Crippen LogP contribution in [0.2, 0.25) is 0 Å². The molecule has 3 aromatic rings. The van der Waals surface area contributed by atoms with E-state index in [-0.39, 0.29) is 18.1 Å². The second-order valence-electron chi connectivity index (χ2n) is 6.17. The second kappa shape index (κ2) is 9.32. The van der Waals surface area contributed by atoms with Crippen molar-refractivity contribution in [2.45, 2.75) is 6.61 Å². The van der Waals surface area contributed by atoms with Gasteiger partial charge in [-0.05, 0) is 35.9 Å². The molecule has 0 bridgehead atoms. The molecule has 0 atom stereocenters. The van der Waals surface area contributed by atoms with Gasteiger partial charge in [0, 0.05) is 23.3 Å². The number of rotatable bonds is 8. The third kappa shape index (κ3) is 5.29. The zero-order valence-electron chi connectivity index (χ0n) is 15.8. The Bertz CT molecular complexity index is 1030. The van der Waals surface area contributed by atoms with Crippen LogP contribution in [0.5, 0.6) is 11.5 Å². The number of carbonyl (C=O) groups is 1. The maximum Gasteiger partial charge on any atom is 0.269 e. The first-order valence-corrected chi connectivity index (χ1v) is 8.88. The zero-order valence-corrected chi connectivity index (χ0v) is 15.8. The van der Waals surface area contributed by atoms with Crippen LogP contribution in [0, 0.1) is 10.1 Å². The maximum atomic E-state index is 12.2. The molecule has 0 aliphatic heterocycles. The van der Waals surface area contributed by atoms with Gasteiger partial charge >= 0.3 is 0 Å². The molecule has 0 fully saturated rings. The van der Waals surface area contributed by atoms with Gasteiger partial charge < -0.3 is 9.47 Å². The minimum absolute atomic E-state index is 0.00477. The number of nitro groups is 1. The Labute approximate surface area is 168 Å². The summed E-state index contributed by atoms with van der Waals surface area (Å²) in [6.07, 6.45) is 3.27. The van der Waals surface area contributed by atoms with Crippen LogP contribution in [0.3, 0.4) is 0 Å². The van der Waals surface area contributed by atoms with Crippen LogP contribution in [0.15, 0.2) is 78.9 Å². The van der Waals surface area contributed by atoms with E-state index < -0.39 is 4.92 Å². The third-order valence-electron chi connectivity index (χ3n) is 4.23. The van der Waals surface area contributed by atoms with E-state index in [1.165, 1.54) is 18.2 Å². The Morgan fingerprint density at radius 2 is 1.76 bits per heavy atom. The standard InChI is InChI=1S/C23H19NO5/c1-28-23-14-8-17(7-13-22(25)18-5-3-2-4-6-18)15-19(23)16-29-21-11-9-20(10-12-21)24(26)27/h2-15H,16H2,1H3/b13-7+. The minimum Gasteiger partial charge on any atom is -0.496 e. The lowest BCUT2D eigenvalue weighted by molar-refractivity contribution is -0.384. The Hall–Kier alpha value is -3.93. The molecule has 0 spiro atoms. The largest absolute Gasteiger partial charge is 0.496 e. The molecule has 0 unspecified atom stereocenters. The number of ketones is 1. The summed E-state index contributed by atoms with van der Waals surface area (Å²) in [6, 6.07) is 20.4. The summed E-state index contributed by atoms with van der Waals surface area (Å²) in [4.78, 5) is 22.5. The van der Waals surface area contributed by atoms with E-state index in [0.29, 0.717) is 17.1 Å². The fraction of sp³-hybridized carbons (Fsp3) is 0.0870. The van der Waals surface area contributed by atoms with E-state index in [0.717, 1.165) is 11.1 Å². The second-order valence-corrected chi connectivity index (χ2v) is 6.17. The molecule has 146 valence electrons. The van der Waals surface area contributed by atoms with Gasteiger partial charge in [0.1, 0.15) is 18.1 Å². The topological polar surface area (TPSA) is 78.7 Å². The highest BCUT2D eigenvalue weighted by Gasteiger charge is 2.08. The summed E-state index contributed by atoms with van der Waals surface area (Å²) in [7, 11) is 1.57. The summed E-state index contributed by atoms with van der Waals surface area (Å²) in [6.45, 7) is 0.218. The first-order chi connectivity index (χ1) is 14.1. The highest BCUT2D eigenvalue weighted by molar-refractivity contribution is 6.06. The summed E-state index contributed by atoms with van der Waals surface area (Å²) >= 11 is 0. The smallest absolute Gasteiger partial charge is 0.269 e. The van der Waals surface area contributed by atoms with Crippen LogP contribution in [0.1, 0.15) is 21.5 Å². The van der Waals surface area contributed by atoms with Gasteiger partial charge in [0.2, 0.25) is 0 Å². The number of nitro benzene ring substituents is 1. The molecule has 0 aliphatic rings. The third-order valence-corrected chi connectivity index (χ3v) is 4.23. The number of non-ortho nitro benzene ring substituents is 1. The SMILES string of the molecule is COc1ccc(/C=C/C(=O)c2ccccc2)cc1COc1ccc([N+](=O)[O-])cc1. The number of nitrogens with zero attached hydrogens (tertiary/aromatic N) is 1. The van der Waals surface area contributed by atoms with Gasteiger partial charge in [0.15, 0.2) is 5.78 Å². The molecule has 0 saturated carbocycles. The Balaban J connectivity index is 1.72. The molecule has 0 amide bonds. The normalized spacial score (nSPS) is 10.7. The monoisotopic (exact) mass is 389 g/mol.